The maximum atomic E-state index is 11.5. The molecule has 0 fully saturated rings. The molecule has 0 aromatic heterocycles. The maximum Gasteiger partial charge on any atom is 0.261 e. The molecule has 0 saturated heterocycles. The lowest BCUT2D eigenvalue weighted by molar-refractivity contribution is -0.120. The van der Waals surface area contributed by atoms with Crippen molar-refractivity contribution in [2.24, 2.45) is 0 Å². The second-order valence-electron chi connectivity index (χ2n) is 3.22. The average Bonchev–Trinajstić information content (AvgIpc) is 2.26. The minimum absolute atomic E-state index is 0.0554. The van der Waals surface area contributed by atoms with Gasteiger partial charge in [-0.15, -0.1) is 0 Å². The number of benzene rings is 1. The lowest BCUT2D eigenvalue weighted by Gasteiger charge is -2.04. The highest BCUT2D eigenvalue weighted by atomic mass is 16.3. The van der Waals surface area contributed by atoms with Crippen LogP contribution in [-0.2, 0) is 4.79 Å². The van der Waals surface area contributed by atoms with Crippen LogP contribution in [0.25, 0.3) is 0 Å². The second-order valence-corrected chi connectivity index (χ2v) is 3.22. The third-order valence-corrected chi connectivity index (χ3v) is 1.96. The first-order chi connectivity index (χ1) is 7.65. The zero-order valence-corrected chi connectivity index (χ0v) is 8.64. The number of hydrogen-bond donors (Lipinski definition) is 3. The molecule has 5 nitrogen and oxygen atoms in total. The molecule has 0 radical (unpaired) electrons. The number of hydrogen-bond acceptors (Lipinski definition) is 4. The van der Waals surface area contributed by atoms with Crippen LogP contribution in [0.15, 0.2) is 24.3 Å². The van der Waals surface area contributed by atoms with Gasteiger partial charge in [-0.25, -0.2) is 0 Å². The average molecular weight is 223 g/mol. The summed E-state index contributed by atoms with van der Waals surface area (Å²) in [5.74, 6) is -1.28. The molecule has 0 atom stereocenters. The first kappa shape index (κ1) is 12.2. The van der Waals surface area contributed by atoms with Gasteiger partial charge in [0.2, 0.25) is 5.91 Å². The van der Waals surface area contributed by atoms with Gasteiger partial charge >= 0.3 is 0 Å². The molecule has 0 aliphatic heterocycles. The SMILES string of the molecule is O=C(CCCO)NC(=O)c1ccccc1O. The van der Waals surface area contributed by atoms with E-state index >= 15 is 0 Å². The van der Waals surface area contributed by atoms with E-state index in [4.69, 9.17) is 5.11 Å². The highest BCUT2D eigenvalue weighted by Gasteiger charge is 2.12. The number of carbonyl (C=O) groups is 2. The van der Waals surface area contributed by atoms with E-state index in [1.807, 2.05) is 0 Å². The zero-order valence-electron chi connectivity index (χ0n) is 8.64. The highest BCUT2D eigenvalue weighted by molar-refractivity contribution is 6.06. The van der Waals surface area contributed by atoms with Crippen molar-refractivity contribution in [1.29, 1.82) is 0 Å². The van der Waals surface area contributed by atoms with Crippen LogP contribution in [-0.4, -0.2) is 28.6 Å². The zero-order chi connectivity index (χ0) is 12.0. The molecular formula is C11H13NO4. The Kier molecular flexibility index (Phi) is 4.47. The van der Waals surface area contributed by atoms with Gasteiger partial charge in [-0.05, 0) is 18.6 Å². The summed E-state index contributed by atoms with van der Waals surface area (Å²) in [5.41, 5.74) is 0.0554. The second kappa shape index (κ2) is 5.87. The molecular weight excluding hydrogens is 210 g/mol. The Morgan fingerprint density at radius 3 is 2.56 bits per heavy atom. The van der Waals surface area contributed by atoms with Crippen molar-refractivity contribution in [1.82, 2.24) is 5.32 Å². The summed E-state index contributed by atoms with van der Waals surface area (Å²) in [7, 11) is 0. The van der Waals surface area contributed by atoms with E-state index in [-0.39, 0.29) is 24.3 Å². The van der Waals surface area contributed by atoms with Crippen molar-refractivity contribution in [3.63, 3.8) is 0 Å². The molecule has 1 aromatic carbocycles. The predicted molar refractivity (Wildman–Crippen MR) is 56.9 cm³/mol. The van der Waals surface area contributed by atoms with Crippen LogP contribution in [0.5, 0.6) is 5.75 Å². The van der Waals surface area contributed by atoms with Crippen LogP contribution >= 0.6 is 0 Å². The van der Waals surface area contributed by atoms with E-state index in [0.717, 1.165) is 0 Å². The molecule has 1 aromatic rings. The monoisotopic (exact) mass is 223 g/mol. The molecule has 0 spiro atoms. The van der Waals surface area contributed by atoms with Crippen molar-refractivity contribution < 1.29 is 19.8 Å². The Morgan fingerprint density at radius 1 is 1.25 bits per heavy atom. The summed E-state index contributed by atoms with van der Waals surface area (Å²) in [6, 6.07) is 5.96. The van der Waals surface area contributed by atoms with Crippen LogP contribution in [0, 0.1) is 0 Å². The minimum Gasteiger partial charge on any atom is -0.507 e. The standard InChI is InChI=1S/C11H13NO4/c13-7-3-6-10(15)12-11(16)8-4-1-2-5-9(8)14/h1-2,4-5,13-14H,3,6-7H2,(H,12,15,16). The van der Waals surface area contributed by atoms with E-state index in [0.29, 0.717) is 6.42 Å². The van der Waals surface area contributed by atoms with Gasteiger partial charge < -0.3 is 10.2 Å². The molecule has 0 saturated carbocycles. The van der Waals surface area contributed by atoms with Crippen molar-refractivity contribution >= 4 is 11.8 Å². The number of nitrogens with one attached hydrogen (secondary N) is 1. The van der Waals surface area contributed by atoms with Gasteiger partial charge in [0.15, 0.2) is 0 Å². The summed E-state index contributed by atoms with van der Waals surface area (Å²) < 4.78 is 0. The largest absolute Gasteiger partial charge is 0.507 e. The molecule has 2 amide bonds. The van der Waals surface area contributed by atoms with Crippen molar-refractivity contribution in [3.8, 4) is 5.75 Å². The Labute approximate surface area is 92.7 Å². The van der Waals surface area contributed by atoms with Gasteiger partial charge in [0, 0.05) is 13.0 Å². The van der Waals surface area contributed by atoms with E-state index < -0.39 is 11.8 Å². The van der Waals surface area contributed by atoms with Crippen LogP contribution in [0.1, 0.15) is 23.2 Å². The first-order valence-corrected chi connectivity index (χ1v) is 4.88. The van der Waals surface area contributed by atoms with Crippen LogP contribution in [0.2, 0.25) is 0 Å². The Morgan fingerprint density at radius 2 is 1.94 bits per heavy atom. The van der Waals surface area contributed by atoms with E-state index in [1.54, 1.807) is 12.1 Å². The third-order valence-electron chi connectivity index (χ3n) is 1.96. The van der Waals surface area contributed by atoms with Gasteiger partial charge in [0.25, 0.3) is 5.91 Å². The van der Waals surface area contributed by atoms with Crippen molar-refractivity contribution in [2.45, 2.75) is 12.8 Å². The number of phenols is 1. The lowest BCUT2D eigenvalue weighted by Crippen LogP contribution is -2.30. The summed E-state index contributed by atoms with van der Waals surface area (Å²) in [5, 5.41) is 20.0. The number of amides is 2. The number of imide groups is 1. The van der Waals surface area contributed by atoms with Crippen LogP contribution < -0.4 is 5.32 Å². The maximum absolute atomic E-state index is 11.5. The fraction of sp³-hybridized carbons (Fsp3) is 0.273. The molecule has 3 N–H and O–H groups in total. The molecule has 0 aliphatic carbocycles. The van der Waals surface area contributed by atoms with E-state index in [2.05, 4.69) is 5.32 Å². The fourth-order valence-electron chi connectivity index (χ4n) is 1.16. The Bertz CT molecular complexity index is 389. The molecule has 0 aliphatic rings. The number of rotatable bonds is 4. The van der Waals surface area contributed by atoms with Gasteiger partial charge in [0.05, 0.1) is 5.56 Å². The summed E-state index contributed by atoms with van der Waals surface area (Å²) >= 11 is 0. The molecule has 0 bridgehead atoms. The molecule has 86 valence electrons. The Balaban J connectivity index is 2.59. The fourth-order valence-corrected chi connectivity index (χ4v) is 1.16. The number of phenolic OH excluding ortho intramolecular Hbond substituents is 1. The number of para-hydroxylation sites is 1. The predicted octanol–water partition coefficient (Wildman–Crippen LogP) is 0.421. The van der Waals surface area contributed by atoms with Crippen LogP contribution in [0.3, 0.4) is 0 Å². The molecule has 1 rings (SSSR count). The van der Waals surface area contributed by atoms with Gasteiger partial charge in [-0.2, -0.15) is 0 Å². The normalized spacial score (nSPS) is 9.81. The van der Waals surface area contributed by atoms with Gasteiger partial charge in [-0.1, -0.05) is 12.1 Å². The number of aromatic hydroxyl groups is 1. The van der Waals surface area contributed by atoms with Crippen molar-refractivity contribution in [2.75, 3.05) is 6.61 Å². The van der Waals surface area contributed by atoms with Crippen molar-refractivity contribution in [3.05, 3.63) is 29.8 Å². The third kappa shape index (κ3) is 3.36. The summed E-state index contributed by atoms with van der Waals surface area (Å²) in [6.07, 6.45) is 0.385. The number of aliphatic hydroxyl groups is 1. The smallest absolute Gasteiger partial charge is 0.261 e. The number of carbonyl (C=O) groups excluding carboxylic acids is 2. The first-order valence-electron chi connectivity index (χ1n) is 4.88. The lowest BCUT2D eigenvalue weighted by atomic mass is 10.2. The van der Waals surface area contributed by atoms with Gasteiger partial charge in [-0.3, -0.25) is 14.9 Å². The molecule has 16 heavy (non-hydrogen) atoms. The van der Waals surface area contributed by atoms with Crippen LogP contribution in [0.4, 0.5) is 0 Å². The summed E-state index contributed by atoms with van der Waals surface area (Å²) in [6.45, 7) is -0.0990. The quantitative estimate of drug-likeness (QED) is 0.690. The molecule has 0 heterocycles. The van der Waals surface area contributed by atoms with E-state index in [1.165, 1.54) is 12.1 Å². The highest BCUT2D eigenvalue weighted by Crippen LogP contribution is 2.14. The topological polar surface area (TPSA) is 86.6 Å². The Hall–Kier alpha value is -1.88. The molecule has 0 unspecified atom stereocenters. The molecule has 5 heteroatoms. The van der Waals surface area contributed by atoms with E-state index in [9.17, 15) is 14.7 Å². The summed E-state index contributed by atoms with van der Waals surface area (Å²) in [4.78, 5) is 22.7. The minimum atomic E-state index is -0.638. The van der Waals surface area contributed by atoms with Gasteiger partial charge in [0.1, 0.15) is 5.75 Å². The number of aliphatic hydroxyl groups excluding tert-OH is 1.